The zero-order chi connectivity index (χ0) is 19.0. The van der Waals surface area contributed by atoms with Crippen LogP contribution < -0.4 is 15.6 Å². The van der Waals surface area contributed by atoms with Gasteiger partial charge in [-0.15, -0.1) is 0 Å². The summed E-state index contributed by atoms with van der Waals surface area (Å²) in [6, 6.07) is 6.00. The Kier molecular flexibility index (Phi) is 4.31. The molecule has 138 valence electrons. The van der Waals surface area contributed by atoms with Crippen molar-refractivity contribution in [3.63, 3.8) is 0 Å². The lowest BCUT2D eigenvalue weighted by molar-refractivity contribution is 0.356. The lowest BCUT2D eigenvalue weighted by atomic mass is 10.0. The summed E-state index contributed by atoms with van der Waals surface area (Å²) in [5.74, 6) is -0.147. The van der Waals surface area contributed by atoms with Gasteiger partial charge in [-0.3, -0.25) is 9.36 Å². The fraction of sp³-hybridized carbons (Fsp3) is 0.211. The van der Waals surface area contributed by atoms with Gasteiger partial charge in [0.25, 0.3) is 5.56 Å². The molecule has 2 aromatic heterocycles. The third-order valence-electron chi connectivity index (χ3n) is 4.58. The molecule has 1 aromatic carbocycles. The minimum Gasteiger partial charge on any atom is -0.493 e. The van der Waals surface area contributed by atoms with Crippen molar-refractivity contribution in [1.29, 1.82) is 0 Å². The van der Waals surface area contributed by atoms with E-state index in [-0.39, 0.29) is 29.4 Å². The molecule has 1 aliphatic heterocycles. The number of nitrogens with zero attached hydrogens (tertiary/aromatic N) is 3. The van der Waals surface area contributed by atoms with Crippen molar-refractivity contribution >= 4 is 5.95 Å². The summed E-state index contributed by atoms with van der Waals surface area (Å²) in [4.78, 5) is 20.4. The zero-order valence-corrected chi connectivity index (χ0v) is 14.5. The van der Waals surface area contributed by atoms with Crippen LogP contribution in [0.4, 0.5) is 14.7 Å². The molecule has 3 heterocycles. The fourth-order valence-electron chi connectivity index (χ4n) is 3.15. The molecule has 3 aromatic rings. The third kappa shape index (κ3) is 3.03. The Labute approximate surface area is 153 Å². The molecular formula is C19H16F2N4O2. The van der Waals surface area contributed by atoms with Crippen molar-refractivity contribution in [2.75, 3.05) is 11.9 Å². The molecule has 1 aliphatic rings. The molecule has 0 atom stereocenters. The maximum absolute atomic E-state index is 14.2. The van der Waals surface area contributed by atoms with Crippen molar-refractivity contribution in [3.8, 4) is 16.9 Å². The second kappa shape index (κ2) is 6.79. The molecule has 0 spiro atoms. The first-order valence-electron chi connectivity index (χ1n) is 8.40. The minimum atomic E-state index is -0.737. The van der Waals surface area contributed by atoms with Crippen LogP contribution in [0.2, 0.25) is 0 Å². The Balaban J connectivity index is 1.64. The lowest BCUT2D eigenvalue weighted by Crippen LogP contribution is -2.24. The van der Waals surface area contributed by atoms with Crippen LogP contribution in [0.25, 0.3) is 11.1 Å². The first kappa shape index (κ1) is 17.1. The summed E-state index contributed by atoms with van der Waals surface area (Å²) in [5.41, 5.74) is 1.07. The smallest absolute Gasteiger partial charge is 0.262 e. The summed E-state index contributed by atoms with van der Waals surface area (Å²) in [6.45, 7) is 0.674. The van der Waals surface area contributed by atoms with E-state index >= 15 is 0 Å². The number of hydrogen-bond donors (Lipinski definition) is 1. The molecule has 0 amide bonds. The van der Waals surface area contributed by atoms with Gasteiger partial charge in [0, 0.05) is 49.1 Å². The summed E-state index contributed by atoms with van der Waals surface area (Å²) in [6.07, 6.45) is 3.23. The van der Waals surface area contributed by atoms with Crippen LogP contribution in [0.1, 0.15) is 11.1 Å². The highest BCUT2D eigenvalue weighted by molar-refractivity contribution is 5.61. The summed E-state index contributed by atoms with van der Waals surface area (Å²) >= 11 is 0. The van der Waals surface area contributed by atoms with Gasteiger partial charge in [-0.25, -0.2) is 14.4 Å². The lowest BCUT2D eigenvalue weighted by Gasteiger charge is -2.13. The molecule has 0 aliphatic carbocycles. The Morgan fingerprint density at radius 2 is 2.07 bits per heavy atom. The molecule has 0 saturated heterocycles. The van der Waals surface area contributed by atoms with E-state index in [1.807, 2.05) is 0 Å². The van der Waals surface area contributed by atoms with Crippen molar-refractivity contribution in [1.82, 2.24) is 14.5 Å². The van der Waals surface area contributed by atoms with E-state index in [1.54, 1.807) is 12.1 Å². The van der Waals surface area contributed by atoms with E-state index in [0.717, 1.165) is 5.56 Å². The van der Waals surface area contributed by atoms with Crippen LogP contribution in [0.15, 0.2) is 41.5 Å². The third-order valence-corrected chi connectivity index (χ3v) is 4.58. The Morgan fingerprint density at radius 1 is 1.22 bits per heavy atom. The minimum absolute atomic E-state index is 0.0845. The van der Waals surface area contributed by atoms with E-state index < -0.39 is 11.5 Å². The van der Waals surface area contributed by atoms with E-state index in [4.69, 9.17) is 4.74 Å². The zero-order valence-electron chi connectivity index (χ0n) is 14.5. The molecule has 1 N–H and O–H groups in total. The highest BCUT2D eigenvalue weighted by Gasteiger charge is 2.20. The van der Waals surface area contributed by atoms with Crippen LogP contribution >= 0.6 is 0 Å². The van der Waals surface area contributed by atoms with Gasteiger partial charge in [0.1, 0.15) is 11.6 Å². The Hall–Kier alpha value is -3.29. The number of benzene rings is 1. The van der Waals surface area contributed by atoms with E-state index in [0.29, 0.717) is 24.3 Å². The van der Waals surface area contributed by atoms with Crippen LogP contribution in [-0.2, 0) is 20.0 Å². The average molecular weight is 370 g/mol. The predicted molar refractivity (Wildman–Crippen MR) is 95.6 cm³/mol. The number of pyridine rings is 1. The molecule has 27 heavy (non-hydrogen) atoms. The van der Waals surface area contributed by atoms with Gasteiger partial charge < -0.3 is 10.1 Å². The molecule has 8 heteroatoms. The van der Waals surface area contributed by atoms with Gasteiger partial charge in [0.15, 0.2) is 0 Å². The van der Waals surface area contributed by atoms with Gasteiger partial charge in [-0.05, 0) is 24.3 Å². The van der Waals surface area contributed by atoms with E-state index in [9.17, 15) is 13.6 Å². The number of halogens is 2. The number of ether oxygens (including phenoxy) is 1. The standard InChI is InChI=1S/C19H16F2N4O2/c1-25-18(26)14(12-3-2-7-22-17(12)21)10-24-19(25)23-9-13-11-6-8-27-16(11)5-4-15(13)20/h2-5,7,10H,6,8-9H2,1H3,(H,23,24). The van der Waals surface area contributed by atoms with Crippen molar-refractivity contribution in [2.45, 2.75) is 13.0 Å². The second-order valence-electron chi connectivity index (χ2n) is 6.16. The number of hydrogen-bond acceptors (Lipinski definition) is 5. The van der Waals surface area contributed by atoms with Crippen molar-refractivity contribution in [3.05, 3.63) is 69.9 Å². The average Bonchev–Trinajstić information content (AvgIpc) is 3.14. The molecule has 4 rings (SSSR count). The molecule has 0 unspecified atom stereocenters. The van der Waals surface area contributed by atoms with Crippen LogP contribution in [0.3, 0.4) is 0 Å². The normalized spacial score (nSPS) is 12.6. The monoisotopic (exact) mass is 370 g/mol. The Bertz CT molecular complexity index is 1080. The van der Waals surface area contributed by atoms with Crippen LogP contribution in [-0.4, -0.2) is 21.1 Å². The quantitative estimate of drug-likeness (QED) is 0.715. The van der Waals surface area contributed by atoms with Gasteiger partial charge in [0.2, 0.25) is 11.9 Å². The number of fused-ring (bicyclic) bond motifs is 1. The molecule has 0 saturated carbocycles. The first-order valence-corrected chi connectivity index (χ1v) is 8.40. The second-order valence-corrected chi connectivity index (χ2v) is 6.16. The van der Waals surface area contributed by atoms with E-state index in [2.05, 4.69) is 15.3 Å². The number of rotatable bonds is 4. The molecule has 6 nitrogen and oxygen atoms in total. The topological polar surface area (TPSA) is 69.0 Å². The van der Waals surface area contributed by atoms with E-state index in [1.165, 1.54) is 36.1 Å². The molecule has 0 bridgehead atoms. The molecular weight excluding hydrogens is 354 g/mol. The molecule has 0 fully saturated rings. The number of anilines is 1. The highest BCUT2D eigenvalue weighted by Crippen LogP contribution is 2.30. The number of aromatic nitrogens is 3. The van der Waals surface area contributed by atoms with Crippen LogP contribution in [0, 0.1) is 11.8 Å². The largest absolute Gasteiger partial charge is 0.493 e. The summed E-state index contributed by atoms with van der Waals surface area (Å²) in [7, 11) is 1.52. The first-order chi connectivity index (χ1) is 13.1. The summed E-state index contributed by atoms with van der Waals surface area (Å²) < 4.78 is 34.8. The summed E-state index contributed by atoms with van der Waals surface area (Å²) in [5, 5.41) is 2.98. The van der Waals surface area contributed by atoms with Crippen LogP contribution in [0.5, 0.6) is 5.75 Å². The Morgan fingerprint density at radius 3 is 2.89 bits per heavy atom. The van der Waals surface area contributed by atoms with Gasteiger partial charge in [0.05, 0.1) is 12.2 Å². The van der Waals surface area contributed by atoms with Gasteiger partial charge in [-0.1, -0.05) is 0 Å². The van der Waals surface area contributed by atoms with Gasteiger partial charge >= 0.3 is 0 Å². The maximum Gasteiger partial charge on any atom is 0.262 e. The van der Waals surface area contributed by atoms with Gasteiger partial charge in [-0.2, -0.15) is 4.39 Å². The van der Waals surface area contributed by atoms with Crippen molar-refractivity contribution < 1.29 is 13.5 Å². The number of nitrogens with one attached hydrogen (secondary N) is 1. The fourth-order valence-corrected chi connectivity index (χ4v) is 3.15. The highest BCUT2D eigenvalue weighted by atomic mass is 19.1. The SMILES string of the molecule is Cn1c(NCc2c(F)ccc3c2CCO3)ncc(-c2cccnc2F)c1=O. The molecule has 0 radical (unpaired) electrons. The van der Waals surface area contributed by atoms with Crippen molar-refractivity contribution in [2.24, 2.45) is 7.05 Å². The predicted octanol–water partition coefficient (Wildman–Crippen LogP) is 2.67. The maximum atomic E-state index is 14.2.